The summed E-state index contributed by atoms with van der Waals surface area (Å²) in [5, 5.41) is 7.38. The Morgan fingerprint density at radius 1 is 1.17 bits per heavy atom. The smallest absolute Gasteiger partial charge is 0.416 e. The van der Waals surface area contributed by atoms with E-state index in [1.54, 1.807) is 51.2 Å². The van der Waals surface area contributed by atoms with Crippen molar-refractivity contribution in [3.05, 3.63) is 69.2 Å². The van der Waals surface area contributed by atoms with Gasteiger partial charge in [0.25, 0.3) is 11.1 Å². The van der Waals surface area contributed by atoms with Crippen molar-refractivity contribution in [3.8, 4) is 0 Å². The van der Waals surface area contributed by atoms with Crippen molar-refractivity contribution in [1.29, 1.82) is 0 Å². The van der Waals surface area contributed by atoms with Crippen LogP contribution in [0.15, 0.2) is 47.5 Å². The molecule has 1 aromatic heterocycles. The van der Waals surface area contributed by atoms with E-state index in [1.807, 2.05) is 0 Å². The Labute approximate surface area is 249 Å². The molecule has 1 saturated carbocycles. The van der Waals surface area contributed by atoms with Crippen LogP contribution in [0.5, 0.6) is 0 Å². The minimum Gasteiger partial charge on any atom is -0.444 e. The number of alkyl halides is 3. The van der Waals surface area contributed by atoms with E-state index in [0.717, 1.165) is 17.8 Å². The summed E-state index contributed by atoms with van der Waals surface area (Å²) in [6.45, 7) is 5.52. The Bertz CT molecular complexity index is 1590. The Morgan fingerprint density at radius 3 is 2.60 bits per heavy atom. The minimum atomic E-state index is -4.56. The molecule has 2 aliphatic rings. The first-order valence-electron chi connectivity index (χ1n) is 13.2. The molecule has 42 heavy (non-hydrogen) atoms. The second kappa shape index (κ2) is 11.3. The standard InChI is InChI=1S/C29H28ClF3N4O4S/c1-28(2,3)41-26(39)35-21-9-17(10-21)14-36-25(38)24(42-27(36)40)11-16-4-7-23-19(8-16)13-34-37(23)15-18-5-6-20(30)12-22(18)29(31,32)33/h4-8,11-13,17,21H,9-10,14-15H2,1-3H3,(H,35,39). The topological polar surface area (TPSA) is 93.5 Å². The van der Waals surface area contributed by atoms with Crippen molar-refractivity contribution in [2.75, 3.05) is 6.54 Å². The number of halogens is 4. The Kier molecular flexibility index (Phi) is 8.06. The number of thioether (sulfide) groups is 1. The number of benzene rings is 2. The third kappa shape index (κ3) is 6.75. The van der Waals surface area contributed by atoms with E-state index in [-0.39, 0.29) is 51.7 Å². The fourth-order valence-electron chi connectivity index (χ4n) is 4.98. The normalized spacial score (nSPS) is 20.4. The van der Waals surface area contributed by atoms with Gasteiger partial charge in [0.2, 0.25) is 0 Å². The molecule has 0 unspecified atom stereocenters. The van der Waals surface area contributed by atoms with Crippen LogP contribution in [0.3, 0.4) is 0 Å². The molecular weight excluding hydrogens is 593 g/mol. The lowest BCUT2D eigenvalue weighted by Gasteiger charge is -2.37. The predicted molar refractivity (Wildman–Crippen MR) is 154 cm³/mol. The number of hydrogen-bond acceptors (Lipinski definition) is 6. The number of carbonyl (C=O) groups is 3. The van der Waals surface area contributed by atoms with Crippen LogP contribution in [0.4, 0.5) is 22.8 Å². The lowest BCUT2D eigenvalue weighted by molar-refractivity contribution is -0.138. The molecule has 0 spiro atoms. The molecule has 2 heterocycles. The molecule has 3 amide bonds. The van der Waals surface area contributed by atoms with Gasteiger partial charge in [-0.1, -0.05) is 23.7 Å². The van der Waals surface area contributed by atoms with Crippen molar-refractivity contribution in [3.63, 3.8) is 0 Å². The van der Waals surface area contributed by atoms with E-state index in [2.05, 4.69) is 10.4 Å². The molecule has 0 radical (unpaired) electrons. The number of fused-ring (bicyclic) bond motifs is 1. The van der Waals surface area contributed by atoms with E-state index >= 15 is 0 Å². The monoisotopic (exact) mass is 620 g/mol. The number of hydrogen-bond donors (Lipinski definition) is 1. The minimum absolute atomic E-state index is 0.00228. The number of nitrogens with zero attached hydrogens (tertiary/aromatic N) is 3. The SMILES string of the molecule is CC(C)(C)OC(=O)NC1CC(CN2C(=O)SC(=Cc3ccc4c(cnn4Cc4ccc(Cl)cc4C(F)(F)F)c3)C2=O)C1. The van der Waals surface area contributed by atoms with Crippen molar-refractivity contribution < 1.29 is 32.3 Å². The van der Waals surface area contributed by atoms with Crippen LogP contribution in [0.25, 0.3) is 17.0 Å². The molecular formula is C29H28ClF3N4O4S. The third-order valence-corrected chi connectivity index (χ3v) is 8.07. The van der Waals surface area contributed by atoms with Crippen molar-refractivity contribution >= 4 is 57.6 Å². The van der Waals surface area contributed by atoms with E-state index < -0.39 is 23.4 Å². The molecule has 1 N–H and O–H groups in total. The molecule has 5 rings (SSSR count). The van der Waals surface area contributed by atoms with Gasteiger partial charge in [-0.2, -0.15) is 18.3 Å². The second-order valence-electron chi connectivity index (χ2n) is 11.4. The number of aromatic nitrogens is 2. The molecule has 1 saturated heterocycles. The summed E-state index contributed by atoms with van der Waals surface area (Å²) < 4.78 is 47.3. The highest BCUT2D eigenvalue weighted by Gasteiger charge is 2.40. The van der Waals surface area contributed by atoms with E-state index in [1.165, 1.54) is 21.7 Å². The maximum absolute atomic E-state index is 13.5. The first kappa shape index (κ1) is 30.0. The fourth-order valence-corrected chi connectivity index (χ4v) is 6.00. The molecule has 2 fully saturated rings. The molecule has 3 aromatic rings. The highest BCUT2D eigenvalue weighted by molar-refractivity contribution is 8.18. The third-order valence-electron chi connectivity index (χ3n) is 6.93. The summed E-state index contributed by atoms with van der Waals surface area (Å²) >= 11 is 6.65. The summed E-state index contributed by atoms with van der Waals surface area (Å²) in [6.07, 6.45) is -0.603. The fraction of sp³-hybridized carbons (Fsp3) is 0.379. The van der Waals surface area contributed by atoms with Crippen molar-refractivity contribution in [2.24, 2.45) is 5.92 Å². The van der Waals surface area contributed by atoms with Gasteiger partial charge in [0.15, 0.2) is 0 Å². The molecule has 8 nitrogen and oxygen atoms in total. The number of alkyl carbamates (subject to hydrolysis) is 1. The van der Waals surface area contributed by atoms with Gasteiger partial charge in [-0.15, -0.1) is 0 Å². The van der Waals surface area contributed by atoms with Crippen molar-refractivity contribution in [2.45, 2.75) is 58.0 Å². The number of carbonyl (C=O) groups excluding carboxylic acids is 3. The highest BCUT2D eigenvalue weighted by Crippen LogP contribution is 2.37. The summed E-state index contributed by atoms with van der Waals surface area (Å²) in [5.41, 5.74) is -0.107. The number of amides is 3. The summed E-state index contributed by atoms with van der Waals surface area (Å²) in [6, 6.07) is 8.79. The van der Waals surface area contributed by atoms with Crippen molar-refractivity contribution in [1.82, 2.24) is 20.0 Å². The zero-order valence-electron chi connectivity index (χ0n) is 23.0. The van der Waals surface area contributed by atoms with Crippen LogP contribution in [0.1, 0.15) is 50.3 Å². The molecule has 13 heteroatoms. The van der Waals surface area contributed by atoms with Gasteiger partial charge in [-0.25, -0.2) is 4.79 Å². The molecule has 2 aromatic carbocycles. The van der Waals surface area contributed by atoms with Crippen LogP contribution in [0.2, 0.25) is 5.02 Å². The second-order valence-corrected chi connectivity index (χ2v) is 12.8. The van der Waals surface area contributed by atoms with Crippen LogP contribution >= 0.6 is 23.4 Å². The number of rotatable bonds is 6. The predicted octanol–water partition coefficient (Wildman–Crippen LogP) is 7.10. The van der Waals surface area contributed by atoms with Gasteiger partial charge in [-0.05, 0) is 92.8 Å². The number of imide groups is 1. The average Bonchev–Trinajstić information content (AvgIpc) is 3.36. The van der Waals surface area contributed by atoms with E-state index in [4.69, 9.17) is 16.3 Å². The Hall–Kier alpha value is -3.51. The summed E-state index contributed by atoms with van der Waals surface area (Å²) in [7, 11) is 0. The van der Waals surface area contributed by atoms with Crippen LogP contribution < -0.4 is 5.32 Å². The van der Waals surface area contributed by atoms with Gasteiger partial charge >= 0.3 is 12.3 Å². The molecule has 0 atom stereocenters. The zero-order chi connectivity index (χ0) is 30.4. The Morgan fingerprint density at radius 2 is 1.90 bits per heavy atom. The van der Waals surface area contributed by atoms with Gasteiger partial charge in [-0.3, -0.25) is 19.2 Å². The first-order valence-corrected chi connectivity index (χ1v) is 14.4. The largest absolute Gasteiger partial charge is 0.444 e. The van der Waals surface area contributed by atoms with Gasteiger partial charge in [0.05, 0.1) is 28.7 Å². The summed E-state index contributed by atoms with van der Waals surface area (Å²) in [4.78, 5) is 39.1. The molecule has 222 valence electrons. The first-order chi connectivity index (χ1) is 19.7. The van der Waals surface area contributed by atoms with Crippen LogP contribution in [-0.4, -0.2) is 50.1 Å². The van der Waals surface area contributed by atoms with Gasteiger partial charge < -0.3 is 10.1 Å². The Balaban J connectivity index is 1.23. The molecule has 0 bridgehead atoms. The number of nitrogens with one attached hydrogen (secondary N) is 1. The quantitative estimate of drug-likeness (QED) is 0.296. The van der Waals surface area contributed by atoms with Gasteiger partial charge in [0, 0.05) is 23.0 Å². The average molecular weight is 621 g/mol. The van der Waals surface area contributed by atoms with Crippen LogP contribution in [0, 0.1) is 5.92 Å². The van der Waals surface area contributed by atoms with Gasteiger partial charge in [0.1, 0.15) is 5.60 Å². The molecule has 1 aliphatic heterocycles. The van der Waals surface area contributed by atoms with E-state index in [9.17, 15) is 27.6 Å². The highest BCUT2D eigenvalue weighted by atomic mass is 35.5. The maximum atomic E-state index is 13.5. The number of ether oxygens (including phenoxy) is 1. The zero-order valence-corrected chi connectivity index (χ0v) is 24.6. The van der Waals surface area contributed by atoms with E-state index in [0.29, 0.717) is 29.3 Å². The molecule has 1 aliphatic carbocycles. The summed E-state index contributed by atoms with van der Waals surface area (Å²) in [5.74, 6) is -0.301. The maximum Gasteiger partial charge on any atom is 0.416 e. The lowest BCUT2D eigenvalue weighted by atomic mass is 9.80. The lowest BCUT2D eigenvalue weighted by Crippen LogP contribution is -2.49. The van der Waals surface area contributed by atoms with Crippen LogP contribution in [-0.2, 0) is 22.3 Å².